The van der Waals surface area contributed by atoms with Crippen LogP contribution in [0.1, 0.15) is 6.92 Å². The van der Waals surface area contributed by atoms with Crippen molar-refractivity contribution in [3.63, 3.8) is 0 Å². The van der Waals surface area contributed by atoms with Crippen LogP contribution in [0.25, 0.3) is 22.6 Å². The molecule has 140 valence electrons. The van der Waals surface area contributed by atoms with E-state index in [-0.39, 0.29) is 12.4 Å². The molecule has 4 rings (SSSR count). The molecule has 0 aliphatic rings. The van der Waals surface area contributed by atoms with Crippen LogP contribution in [0.2, 0.25) is 0 Å². The number of aromatic nitrogens is 2. The minimum Gasteiger partial charge on any atom is -0.485 e. The Bertz CT molecular complexity index is 1070. The molecule has 7 nitrogen and oxygen atoms in total. The fourth-order valence-electron chi connectivity index (χ4n) is 2.64. The van der Waals surface area contributed by atoms with Gasteiger partial charge in [0.25, 0.3) is 6.01 Å². The van der Waals surface area contributed by atoms with Gasteiger partial charge in [-0.2, -0.15) is 0 Å². The third-order valence-corrected chi connectivity index (χ3v) is 3.93. The number of rotatable bonds is 7. The maximum atomic E-state index is 11.3. The molecule has 2 aromatic heterocycles. The summed E-state index contributed by atoms with van der Waals surface area (Å²) in [6.07, 6.45) is 4.59. The van der Waals surface area contributed by atoms with Gasteiger partial charge in [-0.3, -0.25) is 4.79 Å². The molecule has 2 heterocycles. The molecule has 28 heavy (non-hydrogen) atoms. The molecule has 0 atom stereocenters. The van der Waals surface area contributed by atoms with E-state index in [9.17, 15) is 4.79 Å². The Morgan fingerprint density at radius 2 is 1.96 bits per heavy atom. The predicted octanol–water partition coefficient (Wildman–Crippen LogP) is 4.71. The number of carbonyl (C=O) groups is 1. The molecule has 0 aliphatic heterocycles. The lowest BCUT2D eigenvalue weighted by molar-refractivity contribution is -0.118. The third-order valence-electron chi connectivity index (χ3n) is 3.93. The van der Waals surface area contributed by atoms with E-state index >= 15 is 0 Å². The quantitative estimate of drug-likeness (QED) is 0.500. The summed E-state index contributed by atoms with van der Waals surface area (Å²) >= 11 is 0. The molecule has 7 heteroatoms. The molecule has 0 fully saturated rings. The molecule has 4 aromatic rings. The summed E-state index contributed by atoms with van der Waals surface area (Å²) in [5, 5.41) is 3.11. The van der Waals surface area contributed by atoms with Crippen LogP contribution in [0.15, 0.2) is 76.2 Å². The largest absolute Gasteiger partial charge is 0.485 e. The number of ketones is 1. The van der Waals surface area contributed by atoms with Crippen molar-refractivity contribution in [3.05, 3.63) is 67.3 Å². The van der Waals surface area contributed by atoms with Gasteiger partial charge < -0.3 is 18.9 Å². The molecule has 0 saturated heterocycles. The summed E-state index contributed by atoms with van der Waals surface area (Å²) < 4.78 is 16.8. The number of carbonyl (C=O) groups excluding carboxylic acids is 1. The highest BCUT2D eigenvalue weighted by atomic mass is 16.5. The van der Waals surface area contributed by atoms with Crippen molar-refractivity contribution in [2.75, 3.05) is 11.9 Å². The number of hydrogen-bond acceptors (Lipinski definition) is 7. The average Bonchev–Trinajstić information content (AvgIpc) is 3.39. The summed E-state index contributed by atoms with van der Waals surface area (Å²) in [4.78, 5) is 19.5. The van der Waals surface area contributed by atoms with E-state index in [4.69, 9.17) is 13.6 Å². The number of benzene rings is 2. The fourth-order valence-corrected chi connectivity index (χ4v) is 2.64. The van der Waals surface area contributed by atoms with Crippen molar-refractivity contribution in [1.29, 1.82) is 0 Å². The van der Waals surface area contributed by atoms with Crippen molar-refractivity contribution in [1.82, 2.24) is 9.97 Å². The van der Waals surface area contributed by atoms with Crippen molar-refractivity contribution in [2.45, 2.75) is 6.92 Å². The van der Waals surface area contributed by atoms with Gasteiger partial charge in [-0.05, 0) is 19.1 Å². The monoisotopic (exact) mass is 375 g/mol. The number of Topliss-reactive ketones (excluding diaryl/α,β-unsaturated/α-hetero) is 1. The van der Waals surface area contributed by atoms with Crippen LogP contribution in [0.3, 0.4) is 0 Å². The van der Waals surface area contributed by atoms with Crippen molar-refractivity contribution in [3.8, 4) is 28.4 Å². The molecule has 0 saturated carbocycles. The molecule has 0 aliphatic carbocycles. The van der Waals surface area contributed by atoms with Crippen LogP contribution in [-0.4, -0.2) is 22.4 Å². The first kappa shape index (κ1) is 17.5. The number of nitrogens with one attached hydrogen (secondary N) is 1. The Kier molecular flexibility index (Phi) is 4.88. The Morgan fingerprint density at radius 1 is 1.11 bits per heavy atom. The summed E-state index contributed by atoms with van der Waals surface area (Å²) in [5.74, 6) is 1.62. The molecule has 1 N–H and O–H groups in total. The van der Waals surface area contributed by atoms with E-state index in [0.29, 0.717) is 34.5 Å². The van der Waals surface area contributed by atoms with Gasteiger partial charge in [0, 0.05) is 17.3 Å². The highest BCUT2D eigenvalue weighted by Gasteiger charge is 2.13. The number of anilines is 2. The number of hydrogen-bond donors (Lipinski definition) is 1. The zero-order chi connectivity index (χ0) is 19.3. The van der Waals surface area contributed by atoms with Crippen LogP contribution < -0.4 is 10.1 Å². The molecule has 2 aromatic carbocycles. The maximum absolute atomic E-state index is 11.3. The van der Waals surface area contributed by atoms with E-state index in [1.807, 2.05) is 42.5 Å². The fraction of sp³-hybridized carbons (Fsp3) is 0.0952. The molecule has 0 spiro atoms. The highest BCUT2D eigenvalue weighted by Crippen LogP contribution is 2.34. The Balaban J connectivity index is 1.59. The van der Waals surface area contributed by atoms with Crippen LogP contribution in [0.4, 0.5) is 11.7 Å². The average molecular weight is 375 g/mol. The SMILES string of the molecule is CC(=O)COc1cc(Nc2ncc(-c3ccccc3)o2)ccc1-c1cnco1. The maximum Gasteiger partial charge on any atom is 0.299 e. The van der Waals surface area contributed by atoms with E-state index in [0.717, 1.165) is 5.56 Å². The topological polar surface area (TPSA) is 90.4 Å². The minimum atomic E-state index is -0.0814. The second kappa shape index (κ2) is 7.79. The lowest BCUT2D eigenvalue weighted by atomic mass is 10.1. The highest BCUT2D eigenvalue weighted by molar-refractivity contribution is 5.78. The zero-order valence-corrected chi connectivity index (χ0v) is 15.1. The molecule has 0 bridgehead atoms. The summed E-state index contributed by atoms with van der Waals surface area (Å²) in [6.45, 7) is 1.43. The lowest BCUT2D eigenvalue weighted by Gasteiger charge is -2.11. The first-order valence-corrected chi connectivity index (χ1v) is 8.62. The Morgan fingerprint density at radius 3 is 2.71 bits per heavy atom. The first-order chi connectivity index (χ1) is 13.7. The normalized spacial score (nSPS) is 10.6. The second-order valence-electron chi connectivity index (χ2n) is 6.09. The number of oxazole rings is 2. The van der Waals surface area contributed by atoms with Gasteiger partial charge in [0.2, 0.25) is 0 Å². The Labute approximate surface area is 161 Å². The van der Waals surface area contributed by atoms with E-state index < -0.39 is 0 Å². The minimum absolute atomic E-state index is 0.0399. The lowest BCUT2D eigenvalue weighted by Crippen LogP contribution is -2.07. The predicted molar refractivity (Wildman–Crippen MR) is 103 cm³/mol. The van der Waals surface area contributed by atoms with Crippen LogP contribution in [0.5, 0.6) is 5.75 Å². The van der Waals surface area contributed by atoms with Gasteiger partial charge in [-0.1, -0.05) is 30.3 Å². The number of ether oxygens (including phenoxy) is 1. The van der Waals surface area contributed by atoms with E-state index in [1.165, 1.54) is 13.3 Å². The van der Waals surface area contributed by atoms with Gasteiger partial charge in [0.1, 0.15) is 12.4 Å². The van der Waals surface area contributed by atoms with Crippen LogP contribution in [-0.2, 0) is 4.79 Å². The Hall–Kier alpha value is -3.87. The first-order valence-electron chi connectivity index (χ1n) is 8.62. The molecule has 0 radical (unpaired) electrons. The second-order valence-corrected chi connectivity index (χ2v) is 6.09. The van der Waals surface area contributed by atoms with Gasteiger partial charge in [0.15, 0.2) is 23.7 Å². The summed E-state index contributed by atoms with van der Waals surface area (Å²) in [7, 11) is 0. The molecule has 0 unspecified atom stereocenters. The molecule has 0 amide bonds. The molecular formula is C21H17N3O4. The zero-order valence-electron chi connectivity index (χ0n) is 15.1. The summed E-state index contributed by atoms with van der Waals surface area (Å²) in [6, 6.07) is 15.5. The van der Waals surface area contributed by atoms with Crippen molar-refractivity contribution >= 4 is 17.5 Å². The summed E-state index contributed by atoms with van der Waals surface area (Å²) in [5.41, 5.74) is 2.33. The van der Waals surface area contributed by atoms with Gasteiger partial charge >= 0.3 is 0 Å². The number of nitrogens with zero attached hydrogens (tertiary/aromatic N) is 2. The van der Waals surface area contributed by atoms with Crippen LogP contribution in [0, 0.1) is 0 Å². The van der Waals surface area contributed by atoms with Crippen molar-refractivity contribution in [2.24, 2.45) is 0 Å². The smallest absolute Gasteiger partial charge is 0.299 e. The van der Waals surface area contributed by atoms with Gasteiger partial charge in [-0.25, -0.2) is 9.97 Å². The van der Waals surface area contributed by atoms with Gasteiger partial charge in [-0.15, -0.1) is 0 Å². The van der Waals surface area contributed by atoms with Crippen LogP contribution >= 0.6 is 0 Å². The standard InChI is InChI=1S/C21H17N3O4/c1-14(25)12-26-18-9-16(7-8-17(18)20-10-22-13-27-20)24-21-23-11-19(28-21)15-5-3-2-4-6-15/h2-11,13H,12H2,1H3,(H,23,24). The third kappa shape index (κ3) is 3.93. The van der Waals surface area contributed by atoms with E-state index in [2.05, 4.69) is 15.3 Å². The van der Waals surface area contributed by atoms with Gasteiger partial charge in [0.05, 0.1) is 18.0 Å². The van der Waals surface area contributed by atoms with E-state index in [1.54, 1.807) is 18.5 Å². The van der Waals surface area contributed by atoms with Crippen molar-refractivity contribution < 1.29 is 18.4 Å². The molecular weight excluding hydrogens is 358 g/mol.